The molecule has 3 heterocycles. The van der Waals surface area contributed by atoms with Crippen molar-refractivity contribution >= 4 is 20.9 Å². The zero-order valence-electron chi connectivity index (χ0n) is 24.2. The summed E-state index contributed by atoms with van der Waals surface area (Å²) in [5.41, 5.74) is 2.67. The van der Waals surface area contributed by atoms with Crippen molar-refractivity contribution in [2.24, 2.45) is 7.05 Å². The van der Waals surface area contributed by atoms with Crippen LogP contribution in [-0.4, -0.2) is 71.3 Å². The molecule has 1 aromatic heterocycles. The van der Waals surface area contributed by atoms with Crippen LogP contribution in [0.3, 0.4) is 0 Å². The van der Waals surface area contributed by atoms with Gasteiger partial charge in [-0.2, -0.15) is 0 Å². The van der Waals surface area contributed by atoms with Crippen molar-refractivity contribution in [2.75, 3.05) is 19.3 Å². The molecule has 2 aliphatic heterocycles. The fourth-order valence-electron chi connectivity index (χ4n) is 7.26. The summed E-state index contributed by atoms with van der Waals surface area (Å²) >= 11 is 0. The van der Waals surface area contributed by atoms with Crippen molar-refractivity contribution in [3.63, 3.8) is 0 Å². The van der Waals surface area contributed by atoms with E-state index < -0.39 is 9.84 Å². The van der Waals surface area contributed by atoms with Crippen LogP contribution in [0.25, 0.3) is 22.4 Å². The highest BCUT2D eigenvalue weighted by Gasteiger charge is 2.37. The van der Waals surface area contributed by atoms with Crippen molar-refractivity contribution in [3.05, 3.63) is 47.8 Å². The smallest absolute Gasteiger partial charge is 0.175 e. The van der Waals surface area contributed by atoms with E-state index >= 15 is 4.39 Å². The summed E-state index contributed by atoms with van der Waals surface area (Å²) in [4.78, 5) is 10.3. The maximum absolute atomic E-state index is 15.9. The number of benzene rings is 2. The van der Waals surface area contributed by atoms with Gasteiger partial charge in [-0.05, 0) is 108 Å². The summed E-state index contributed by atoms with van der Waals surface area (Å²) in [6.07, 6.45) is 6.74. The number of nitrogens with zero attached hydrogens (tertiary/aromatic N) is 4. The standard InChI is InChI=1S/C31H43FN4O2S/c1-7-24-19-25(18-21(4)36(24)20(2)3)35-16-14-22(15-17-35)27-12-13-28-30(29(27)32)33-31(34(28)5)23-8-10-26(11-9-23)39(6,37)38/h8-13,20-22,24-25H,7,14-19H2,1-6H3. The second-order valence-electron chi connectivity index (χ2n) is 12.0. The molecule has 39 heavy (non-hydrogen) atoms. The Balaban J connectivity index is 1.32. The van der Waals surface area contributed by atoms with E-state index in [-0.39, 0.29) is 16.6 Å². The van der Waals surface area contributed by atoms with E-state index in [1.54, 1.807) is 24.3 Å². The van der Waals surface area contributed by atoms with Crippen LogP contribution in [0, 0.1) is 5.82 Å². The first-order valence-corrected chi connectivity index (χ1v) is 16.4. The summed E-state index contributed by atoms with van der Waals surface area (Å²) in [5.74, 6) is 0.606. The van der Waals surface area contributed by atoms with Gasteiger partial charge in [0.2, 0.25) is 0 Å². The Bertz CT molecular complexity index is 1430. The van der Waals surface area contributed by atoms with Crippen molar-refractivity contribution in [2.45, 2.75) is 94.8 Å². The van der Waals surface area contributed by atoms with Crippen LogP contribution in [-0.2, 0) is 16.9 Å². The van der Waals surface area contributed by atoms with Crippen molar-refractivity contribution in [1.82, 2.24) is 19.4 Å². The molecular formula is C31H43FN4O2S. The van der Waals surface area contributed by atoms with Gasteiger partial charge >= 0.3 is 0 Å². The number of likely N-dealkylation sites (tertiary alicyclic amines) is 2. The number of sulfone groups is 1. The molecule has 212 valence electrons. The molecule has 5 rings (SSSR count). The van der Waals surface area contributed by atoms with Gasteiger partial charge in [-0.1, -0.05) is 13.0 Å². The lowest BCUT2D eigenvalue weighted by Gasteiger charge is -2.50. The molecule has 0 N–H and O–H groups in total. The molecule has 2 aromatic carbocycles. The summed E-state index contributed by atoms with van der Waals surface area (Å²) in [6.45, 7) is 11.3. The number of rotatable bonds is 6. The van der Waals surface area contributed by atoms with E-state index in [1.807, 2.05) is 23.7 Å². The molecule has 0 aliphatic carbocycles. The van der Waals surface area contributed by atoms with Gasteiger partial charge in [-0.15, -0.1) is 0 Å². The second kappa shape index (κ2) is 10.9. The number of aryl methyl sites for hydroxylation is 1. The molecule has 0 radical (unpaired) electrons. The van der Waals surface area contributed by atoms with Crippen LogP contribution in [0.15, 0.2) is 41.3 Å². The maximum atomic E-state index is 15.9. The topological polar surface area (TPSA) is 58.4 Å². The number of piperidine rings is 2. The minimum absolute atomic E-state index is 0.195. The first-order valence-electron chi connectivity index (χ1n) is 14.5. The zero-order valence-corrected chi connectivity index (χ0v) is 25.0. The third-order valence-electron chi connectivity index (χ3n) is 9.20. The molecule has 0 amide bonds. The Kier molecular flexibility index (Phi) is 7.92. The molecule has 3 atom stereocenters. The van der Waals surface area contributed by atoms with Gasteiger partial charge in [0.05, 0.1) is 10.4 Å². The molecule has 0 bridgehead atoms. The highest BCUT2D eigenvalue weighted by atomic mass is 32.2. The minimum Gasteiger partial charge on any atom is -0.327 e. The number of aromatic nitrogens is 2. The van der Waals surface area contributed by atoms with Crippen LogP contribution in [0.4, 0.5) is 4.39 Å². The van der Waals surface area contributed by atoms with E-state index in [1.165, 1.54) is 25.5 Å². The first kappa shape index (κ1) is 28.2. The lowest BCUT2D eigenvalue weighted by atomic mass is 9.84. The lowest BCUT2D eigenvalue weighted by Crippen LogP contribution is -2.56. The Labute approximate surface area is 233 Å². The highest BCUT2D eigenvalue weighted by molar-refractivity contribution is 7.90. The van der Waals surface area contributed by atoms with Gasteiger partial charge in [0.15, 0.2) is 15.7 Å². The van der Waals surface area contributed by atoms with E-state index in [4.69, 9.17) is 0 Å². The Morgan fingerprint density at radius 3 is 2.31 bits per heavy atom. The maximum Gasteiger partial charge on any atom is 0.175 e. The van der Waals surface area contributed by atoms with Gasteiger partial charge in [-0.3, -0.25) is 4.90 Å². The van der Waals surface area contributed by atoms with Gasteiger partial charge in [0, 0.05) is 43.0 Å². The highest BCUT2D eigenvalue weighted by Crippen LogP contribution is 2.37. The number of hydrogen-bond donors (Lipinski definition) is 0. The average Bonchev–Trinajstić information content (AvgIpc) is 3.25. The Morgan fingerprint density at radius 1 is 1.05 bits per heavy atom. The predicted octanol–water partition coefficient (Wildman–Crippen LogP) is 6.00. The number of halogens is 1. The number of fused-ring (bicyclic) bond motifs is 1. The van der Waals surface area contributed by atoms with E-state index in [2.05, 4.69) is 42.5 Å². The monoisotopic (exact) mass is 554 g/mol. The minimum atomic E-state index is -3.28. The molecular weight excluding hydrogens is 511 g/mol. The van der Waals surface area contributed by atoms with E-state index in [9.17, 15) is 8.42 Å². The van der Waals surface area contributed by atoms with Crippen LogP contribution >= 0.6 is 0 Å². The molecule has 2 aliphatic rings. The van der Waals surface area contributed by atoms with Gasteiger partial charge in [0.1, 0.15) is 11.3 Å². The molecule has 8 heteroatoms. The van der Waals surface area contributed by atoms with Crippen molar-refractivity contribution < 1.29 is 12.8 Å². The second-order valence-corrected chi connectivity index (χ2v) is 14.0. The first-order chi connectivity index (χ1) is 18.5. The third-order valence-corrected chi connectivity index (χ3v) is 10.3. The fourth-order valence-corrected chi connectivity index (χ4v) is 7.89. The molecule has 3 aromatic rings. The van der Waals surface area contributed by atoms with Crippen LogP contribution in [0.5, 0.6) is 0 Å². The predicted molar refractivity (Wildman–Crippen MR) is 156 cm³/mol. The largest absolute Gasteiger partial charge is 0.327 e. The third kappa shape index (κ3) is 5.40. The SMILES string of the molecule is CCC1CC(N2CCC(c3ccc4c(nc(-c5ccc(S(C)(=O)=O)cc5)n4C)c3F)CC2)CC(C)N1C(C)C. The van der Waals surface area contributed by atoms with Crippen LogP contribution in [0.1, 0.15) is 71.3 Å². The molecule has 3 unspecified atom stereocenters. The normalized spacial score (nSPS) is 24.2. The molecule has 2 saturated heterocycles. The van der Waals surface area contributed by atoms with E-state index in [0.717, 1.165) is 42.6 Å². The number of hydrogen-bond acceptors (Lipinski definition) is 5. The van der Waals surface area contributed by atoms with Crippen LogP contribution < -0.4 is 0 Å². The van der Waals surface area contributed by atoms with Gasteiger partial charge < -0.3 is 9.47 Å². The van der Waals surface area contributed by atoms with Gasteiger partial charge in [0.25, 0.3) is 0 Å². The summed E-state index contributed by atoms with van der Waals surface area (Å²) in [5, 5.41) is 0. The molecule has 0 spiro atoms. The van der Waals surface area contributed by atoms with E-state index in [0.29, 0.717) is 35.5 Å². The molecule has 2 fully saturated rings. The van der Waals surface area contributed by atoms with Crippen LogP contribution in [0.2, 0.25) is 0 Å². The summed E-state index contributed by atoms with van der Waals surface area (Å²) in [7, 11) is -1.40. The Morgan fingerprint density at radius 2 is 1.72 bits per heavy atom. The van der Waals surface area contributed by atoms with Crippen molar-refractivity contribution in [1.29, 1.82) is 0 Å². The van der Waals surface area contributed by atoms with Gasteiger partial charge in [-0.25, -0.2) is 17.8 Å². The van der Waals surface area contributed by atoms with Crippen molar-refractivity contribution in [3.8, 4) is 11.4 Å². The summed E-state index contributed by atoms with van der Waals surface area (Å²) in [6, 6.07) is 13.0. The fraction of sp³-hybridized carbons (Fsp3) is 0.581. The quantitative estimate of drug-likeness (QED) is 0.374. The lowest BCUT2D eigenvalue weighted by molar-refractivity contribution is -0.000247. The number of imidazole rings is 1. The zero-order chi connectivity index (χ0) is 28.1. The molecule has 0 saturated carbocycles. The molecule has 6 nitrogen and oxygen atoms in total. The Hall–Kier alpha value is -2.29. The average molecular weight is 555 g/mol. The summed E-state index contributed by atoms with van der Waals surface area (Å²) < 4.78 is 41.5.